The van der Waals surface area contributed by atoms with Crippen molar-refractivity contribution in [3.05, 3.63) is 69.3 Å². The number of rotatable bonds is 6. The summed E-state index contributed by atoms with van der Waals surface area (Å²) in [4.78, 5) is 22.3. The summed E-state index contributed by atoms with van der Waals surface area (Å²) in [6.45, 7) is 4.48. The van der Waals surface area contributed by atoms with Crippen LogP contribution >= 0.6 is 23.2 Å². The molecule has 6 nitrogen and oxygen atoms in total. The van der Waals surface area contributed by atoms with E-state index in [1.165, 1.54) is 6.07 Å². The van der Waals surface area contributed by atoms with E-state index in [1.54, 1.807) is 16.7 Å². The van der Waals surface area contributed by atoms with Gasteiger partial charge in [0.05, 0.1) is 16.4 Å². The number of aromatic nitrogens is 2. The van der Waals surface area contributed by atoms with E-state index in [4.69, 9.17) is 33.9 Å². The van der Waals surface area contributed by atoms with Crippen LogP contribution in [0, 0.1) is 5.82 Å². The van der Waals surface area contributed by atoms with Crippen molar-refractivity contribution in [2.45, 2.75) is 44.6 Å². The van der Waals surface area contributed by atoms with Gasteiger partial charge in [-0.15, -0.1) is 0 Å². The Morgan fingerprint density at radius 3 is 2.51 bits per heavy atom. The zero-order chi connectivity index (χ0) is 26.1. The van der Waals surface area contributed by atoms with Crippen LogP contribution in [0.1, 0.15) is 59.9 Å². The van der Waals surface area contributed by atoms with Crippen LogP contribution in [0.2, 0.25) is 10.0 Å². The average Bonchev–Trinajstić information content (AvgIpc) is 3.29. The highest BCUT2D eigenvalue weighted by Gasteiger charge is 2.31. The number of nitrogens with zero attached hydrogens (tertiary/aromatic N) is 4. The molecule has 0 bridgehead atoms. The maximum atomic E-state index is 15.6. The zero-order valence-electron chi connectivity index (χ0n) is 21.0. The molecule has 2 N–H and O–H groups in total. The SMILES string of the molecule is CN1CCN(Cc2ccc(Cl)cc2-c2c(C(N)=O)nc(C3CCCCC3)n2-c2cccc(Cl)c2F)CC1. The lowest BCUT2D eigenvalue weighted by molar-refractivity contribution is 0.0996. The number of carbonyl (C=O) groups is 1. The van der Waals surface area contributed by atoms with Crippen molar-refractivity contribution in [2.75, 3.05) is 33.2 Å². The van der Waals surface area contributed by atoms with Crippen LogP contribution in [0.3, 0.4) is 0 Å². The summed E-state index contributed by atoms with van der Waals surface area (Å²) in [6, 6.07) is 10.6. The lowest BCUT2D eigenvalue weighted by Gasteiger charge is -2.33. The zero-order valence-corrected chi connectivity index (χ0v) is 22.5. The number of amides is 1. The van der Waals surface area contributed by atoms with E-state index in [-0.39, 0.29) is 22.3 Å². The van der Waals surface area contributed by atoms with Crippen LogP contribution in [0.5, 0.6) is 0 Å². The Kier molecular flexibility index (Phi) is 7.86. The molecule has 1 saturated heterocycles. The number of piperazine rings is 1. The van der Waals surface area contributed by atoms with Crippen molar-refractivity contribution in [1.82, 2.24) is 19.4 Å². The summed E-state index contributed by atoms with van der Waals surface area (Å²) < 4.78 is 17.4. The Morgan fingerprint density at radius 2 is 1.81 bits per heavy atom. The summed E-state index contributed by atoms with van der Waals surface area (Å²) >= 11 is 12.7. The molecule has 3 aromatic rings. The van der Waals surface area contributed by atoms with Gasteiger partial charge in [-0.05, 0) is 49.7 Å². The minimum absolute atomic E-state index is 0.0103. The smallest absolute Gasteiger partial charge is 0.269 e. The van der Waals surface area contributed by atoms with E-state index in [1.807, 2.05) is 18.2 Å². The average molecular weight is 545 g/mol. The summed E-state index contributed by atoms with van der Waals surface area (Å²) in [5.74, 6) is -0.480. The summed E-state index contributed by atoms with van der Waals surface area (Å²) in [7, 11) is 2.12. The Labute approximate surface area is 227 Å². The fraction of sp³-hybridized carbons (Fsp3) is 0.429. The summed E-state index contributed by atoms with van der Waals surface area (Å²) in [5, 5.41) is 0.530. The number of imidazole rings is 1. The third-order valence-corrected chi connectivity index (χ3v) is 8.12. The van der Waals surface area contributed by atoms with Gasteiger partial charge in [0, 0.05) is 49.2 Å². The van der Waals surface area contributed by atoms with Gasteiger partial charge >= 0.3 is 0 Å². The highest BCUT2D eigenvalue weighted by Crippen LogP contribution is 2.40. The molecule has 2 fully saturated rings. The van der Waals surface area contributed by atoms with Gasteiger partial charge in [0.2, 0.25) is 0 Å². The molecule has 0 atom stereocenters. The van der Waals surface area contributed by atoms with E-state index in [0.29, 0.717) is 23.1 Å². The van der Waals surface area contributed by atoms with Crippen molar-refractivity contribution >= 4 is 29.1 Å². The van der Waals surface area contributed by atoms with Crippen LogP contribution in [0.25, 0.3) is 16.9 Å². The van der Waals surface area contributed by atoms with Crippen molar-refractivity contribution in [1.29, 1.82) is 0 Å². The van der Waals surface area contributed by atoms with E-state index < -0.39 is 11.7 Å². The molecular formula is C28H32Cl2FN5O. The second-order valence-electron chi connectivity index (χ2n) is 10.2. The van der Waals surface area contributed by atoms with Crippen LogP contribution in [-0.2, 0) is 6.54 Å². The van der Waals surface area contributed by atoms with E-state index in [9.17, 15) is 4.79 Å². The normalized spacial score (nSPS) is 17.8. The van der Waals surface area contributed by atoms with Gasteiger partial charge in [-0.1, -0.05) is 54.6 Å². The van der Waals surface area contributed by atoms with Gasteiger partial charge < -0.3 is 10.6 Å². The number of primary amides is 1. The summed E-state index contributed by atoms with van der Waals surface area (Å²) in [5.41, 5.74) is 8.48. The number of halogens is 3. The number of carbonyl (C=O) groups excluding carboxylic acids is 1. The first-order valence-corrected chi connectivity index (χ1v) is 13.7. The first-order chi connectivity index (χ1) is 17.8. The van der Waals surface area contributed by atoms with Crippen LogP contribution in [-0.4, -0.2) is 58.5 Å². The van der Waals surface area contributed by atoms with Gasteiger partial charge in [0.15, 0.2) is 11.5 Å². The molecule has 5 rings (SSSR count). The van der Waals surface area contributed by atoms with Crippen molar-refractivity contribution < 1.29 is 9.18 Å². The van der Waals surface area contributed by atoms with Crippen LogP contribution < -0.4 is 5.73 Å². The quantitative estimate of drug-likeness (QED) is 0.421. The molecule has 0 radical (unpaired) electrons. The Bertz CT molecular complexity index is 1300. The Balaban J connectivity index is 1.73. The molecule has 2 aliphatic rings. The summed E-state index contributed by atoms with van der Waals surface area (Å²) in [6.07, 6.45) is 5.11. The van der Waals surface area contributed by atoms with E-state index >= 15 is 4.39 Å². The largest absolute Gasteiger partial charge is 0.364 e. The predicted molar refractivity (Wildman–Crippen MR) is 146 cm³/mol. The second-order valence-corrected chi connectivity index (χ2v) is 11.0. The van der Waals surface area contributed by atoms with Crippen LogP contribution in [0.15, 0.2) is 36.4 Å². The first-order valence-electron chi connectivity index (χ1n) is 12.9. The monoisotopic (exact) mass is 543 g/mol. The van der Waals surface area contributed by atoms with Gasteiger partial charge in [0.25, 0.3) is 5.91 Å². The highest BCUT2D eigenvalue weighted by molar-refractivity contribution is 6.31. The third-order valence-electron chi connectivity index (χ3n) is 7.60. The van der Waals surface area contributed by atoms with E-state index in [0.717, 1.165) is 69.4 Å². The minimum atomic E-state index is -0.654. The molecule has 0 unspecified atom stereocenters. The number of hydrogen-bond donors (Lipinski definition) is 1. The number of nitrogens with two attached hydrogens (primary N) is 1. The molecule has 1 amide bonds. The number of likely N-dealkylation sites (N-methyl/N-ethyl adjacent to an activating group) is 1. The van der Waals surface area contributed by atoms with Gasteiger partial charge in [0.1, 0.15) is 5.82 Å². The minimum Gasteiger partial charge on any atom is -0.364 e. The second kappa shape index (κ2) is 11.1. The van der Waals surface area contributed by atoms with Gasteiger partial charge in [-0.2, -0.15) is 0 Å². The number of hydrogen-bond acceptors (Lipinski definition) is 4. The molecule has 0 spiro atoms. The molecule has 1 saturated carbocycles. The maximum Gasteiger partial charge on any atom is 0.269 e. The predicted octanol–water partition coefficient (Wildman–Crippen LogP) is 5.88. The van der Waals surface area contributed by atoms with Gasteiger partial charge in [-0.25, -0.2) is 9.37 Å². The Hall–Kier alpha value is -2.45. The molecule has 1 aliphatic carbocycles. The van der Waals surface area contributed by atoms with E-state index in [2.05, 4.69) is 16.8 Å². The first kappa shape index (κ1) is 26.2. The molecular weight excluding hydrogens is 512 g/mol. The topological polar surface area (TPSA) is 67.4 Å². The highest BCUT2D eigenvalue weighted by atomic mass is 35.5. The maximum absolute atomic E-state index is 15.6. The lowest BCUT2D eigenvalue weighted by atomic mass is 9.88. The number of benzene rings is 2. The fourth-order valence-corrected chi connectivity index (χ4v) is 5.90. The van der Waals surface area contributed by atoms with Crippen molar-refractivity contribution in [2.24, 2.45) is 5.73 Å². The fourth-order valence-electron chi connectivity index (χ4n) is 5.56. The van der Waals surface area contributed by atoms with Crippen molar-refractivity contribution in [3.63, 3.8) is 0 Å². The molecule has 2 heterocycles. The molecule has 196 valence electrons. The molecule has 1 aliphatic heterocycles. The van der Waals surface area contributed by atoms with Gasteiger partial charge in [-0.3, -0.25) is 14.3 Å². The molecule has 9 heteroatoms. The standard InChI is InChI=1S/C28H32Cl2FN5O/c1-34-12-14-35(15-13-34)17-19-10-11-20(29)16-21(19)26-25(27(32)37)33-28(18-6-3-2-4-7-18)36(26)23-9-5-8-22(30)24(23)31/h5,8-11,16,18H,2-4,6-7,12-15,17H2,1H3,(H2,32,37). The molecule has 2 aromatic carbocycles. The van der Waals surface area contributed by atoms with Crippen LogP contribution in [0.4, 0.5) is 4.39 Å². The molecule has 1 aromatic heterocycles. The van der Waals surface area contributed by atoms with Crippen molar-refractivity contribution in [3.8, 4) is 16.9 Å². The molecule has 37 heavy (non-hydrogen) atoms. The lowest BCUT2D eigenvalue weighted by Crippen LogP contribution is -2.43. The Morgan fingerprint density at radius 1 is 1.08 bits per heavy atom. The third kappa shape index (κ3) is 5.41.